The molecule has 0 aliphatic carbocycles. The second-order valence-electron chi connectivity index (χ2n) is 6.81. The average molecular weight is 334 g/mol. The molecule has 0 bridgehead atoms. The van der Waals surface area contributed by atoms with Crippen molar-refractivity contribution in [2.24, 2.45) is 0 Å². The van der Waals surface area contributed by atoms with Gasteiger partial charge in [-0.2, -0.15) is 10.4 Å². The summed E-state index contributed by atoms with van der Waals surface area (Å²) in [4.78, 5) is 0. The van der Waals surface area contributed by atoms with Gasteiger partial charge >= 0.3 is 0 Å². The molecule has 0 radical (unpaired) electrons. The number of nitrogens with two attached hydrogens (primary N) is 1. The van der Waals surface area contributed by atoms with Crippen LogP contribution in [0.3, 0.4) is 0 Å². The Morgan fingerprint density at radius 2 is 2.04 bits per heavy atom. The van der Waals surface area contributed by atoms with E-state index in [1.165, 1.54) is 0 Å². The van der Waals surface area contributed by atoms with Gasteiger partial charge in [0.25, 0.3) is 0 Å². The summed E-state index contributed by atoms with van der Waals surface area (Å²) in [5, 5.41) is 25.6. The van der Waals surface area contributed by atoms with Gasteiger partial charge < -0.3 is 15.6 Å². The number of fused-ring (bicyclic) bond motifs is 2. The molecule has 0 saturated heterocycles. The van der Waals surface area contributed by atoms with E-state index in [-0.39, 0.29) is 0 Å². The summed E-state index contributed by atoms with van der Waals surface area (Å²) in [5.41, 5.74) is 7.32. The lowest BCUT2D eigenvalue weighted by molar-refractivity contribution is -0.0649. The predicted molar refractivity (Wildman–Crippen MR) is 94.2 cm³/mol. The second-order valence-corrected chi connectivity index (χ2v) is 6.81. The fraction of sp³-hybridized carbons (Fsp3) is 0.263. The number of nitrogen functional groups attached to an aromatic ring is 1. The second kappa shape index (κ2) is 5.23. The van der Waals surface area contributed by atoms with Crippen molar-refractivity contribution in [1.29, 1.82) is 5.26 Å². The van der Waals surface area contributed by atoms with Gasteiger partial charge in [0.2, 0.25) is 0 Å². The molecule has 25 heavy (non-hydrogen) atoms. The van der Waals surface area contributed by atoms with Gasteiger partial charge in [-0.05, 0) is 44.2 Å². The summed E-state index contributed by atoms with van der Waals surface area (Å²) in [6.07, 6.45) is -0.864. The van der Waals surface area contributed by atoms with Gasteiger partial charge in [-0.15, -0.1) is 0 Å². The molecule has 2 heterocycles. The molecule has 0 amide bonds. The van der Waals surface area contributed by atoms with E-state index >= 15 is 0 Å². The Bertz CT molecular complexity index is 1020. The first-order valence-corrected chi connectivity index (χ1v) is 8.06. The first kappa shape index (κ1) is 15.5. The van der Waals surface area contributed by atoms with E-state index in [2.05, 4.69) is 11.2 Å². The van der Waals surface area contributed by atoms with E-state index in [0.717, 1.165) is 16.5 Å². The fourth-order valence-electron chi connectivity index (χ4n) is 3.43. The highest BCUT2D eigenvalue weighted by molar-refractivity contribution is 5.89. The summed E-state index contributed by atoms with van der Waals surface area (Å²) >= 11 is 0. The van der Waals surface area contributed by atoms with Crippen LogP contribution in [0.25, 0.3) is 10.9 Å². The van der Waals surface area contributed by atoms with Crippen molar-refractivity contribution in [3.8, 4) is 11.8 Å². The van der Waals surface area contributed by atoms with Crippen molar-refractivity contribution < 1.29 is 9.84 Å². The number of benzene rings is 2. The molecule has 3 aromatic rings. The number of anilines is 1. The van der Waals surface area contributed by atoms with Gasteiger partial charge in [0.15, 0.2) is 5.82 Å². The number of ether oxygens (including phenoxy) is 1. The standard InChI is InChI=1S/C19H18N4O2/c1-19(2)17(24)16(13-9-11(10-20)7-8-15(13)25-19)23-14-6-4-3-5-12(14)18(21)22-23/h3-9,16-17,24H,1-2H3,(H2,21,22)/t16-,17+/m1/s1. The monoisotopic (exact) mass is 334 g/mol. The van der Waals surface area contributed by atoms with Crippen molar-refractivity contribution in [2.45, 2.75) is 31.6 Å². The number of hydrogen-bond acceptors (Lipinski definition) is 5. The molecule has 1 aromatic heterocycles. The van der Waals surface area contributed by atoms with Crippen LogP contribution in [0.15, 0.2) is 42.5 Å². The highest BCUT2D eigenvalue weighted by Crippen LogP contribution is 2.43. The van der Waals surface area contributed by atoms with Gasteiger partial charge in [-0.25, -0.2) is 0 Å². The smallest absolute Gasteiger partial charge is 0.153 e. The van der Waals surface area contributed by atoms with E-state index in [1.54, 1.807) is 22.9 Å². The maximum Gasteiger partial charge on any atom is 0.153 e. The number of aliphatic hydroxyl groups is 1. The molecule has 126 valence electrons. The zero-order chi connectivity index (χ0) is 17.8. The zero-order valence-electron chi connectivity index (χ0n) is 14.0. The largest absolute Gasteiger partial charge is 0.485 e. The highest BCUT2D eigenvalue weighted by Gasteiger charge is 2.45. The molecule has 0 unspecified atom stereocenters. The Balaban J connectivity index is 2.01. The summed E-state index contributed by atoms with van der Waals surface area (Å²) in [6, 6.07) is 14.5. The molecule has 0 fully saturated rings. The summed E-state index contributed by atoms with van der Waals surface area (Å²) in [6.45, 7) is 3.67. The third-order valence-corrected chi connectivity index (χ3v) is 4.75. The van der Waals surface area contributed by atoms with Crippen molar-refractivity contribution in [1.82, 2.24) is 9.78 Å². The molecule has 6 nitrogen and oxygen atoms in total. The number of nitrogens with zero attached hydrogens (tertiary/aromatic N) is 3. The first-order chi connectivity index (χ1) is 11.9. The maximum atomic E-state index is 11.0. The summed E-state index contributed by atoms with van der Waals surface area (Å²) < 4.78 is 7.71. The molecule has 6 heteroatoms. The number of aliphatic hydroxyl groups excluding tert-OH is 1. The normalized spacial score (nSPS) is 21.4. The topological polar surface area (TPSA) is 97.1 Å². The average Bonchev–Trinajstić information content (AvgIpc) is 2.92. The Kier molecular flexibility index (Phi) is 3.24. The minimum atomic E-state index is -0.864. The van der Waals surface area contributed by atoms with Gasteiger partial charge in [-0.3, -0.25) is 4.68 Å². The molecule has 0 spiro atoms. The van der Waals surface area contributed by atoms with Crippen molar-refractivity contribution in [3.63, 3.8) is 0 Å². The highest BCUT2D eigenvalue weighted by atomic mass is 16.5. The van der Waals surface area contributed by atoms with E-state index in [4.69, 9.17) is 10.5 Å². The number of aromatic nitrogens is 2. The molecule has 0 saturated carbocycles. The van der Waals surface area contributed by atoms with Gasteiger partial charge in [0.05, 0.1) is 17.1 Å². The van der Waals surface area contributed by atoms with Crippen LogP contribution < -0.4 is 10.5 Å². The minimum absolute atomic E-state index is 0.407. The molecule has 1 aliphatic heterocycles. The van der Waals surface area contributed by atoms with E-state index in [1.807, 2.05) is 38.1 Å². The Morgan fingerprint density at radius 1 is 1.28 bits per heavy atom. The maximum absolute atomic E-state index is 11.0. The van der Waals surface area contributed by atoms with E-state index < -0.39 is 17.7 Å². The number of rotatable bonds is 1. The lowest BCUT2D eigenvalue weighted by Crippen LogP contribution is -2.50. The molecule has 2 atom stereocenters. The Hall–Kier alpha value is -3.04. The van der Waals surface area contributed by atoms with Crippen LogP contribution in [0, 0.1) is 11.3 Å². The Morgan fingerprint density at radius 3 is 2.80 bits per heavy atom. The number of hydrogen-bond donors (Lipinski definition) is 2. The quantitative estimate of drug-likeness (QED) is 0.713. The molecule has 4 rings (SSSR count). The number of nitriles is 1. The van der Waals surface area contributed by atoms with E-state index in [0.29, 0.717) is 17.1 Å². The summed E-state index contributed by atoms with van der Waals surface area (Å²) in [7, 11) is 0. The minimum Gasteiger partial charge on any atom is -0.485 e. The van der Waals surface area contributed by atoms with Crippen LogP contribution in [-0.2, 0) is 0 Å². The van der Waals surface area contributed by atoms with Gasteiger partial charge in [0, 0.05) is 10.9 Å². The van der Waals surface area contributed by atoms with Crippen LogP contribution in [0.1, 0.15) is 31.0 Å². The lowest BCUT2D eigenvalue weighted by Gasteiger charge is -2.42. The summed E-state index contributed by atoms with van der Waals surface area (Å²) in [5.74, 6) is 1.04. The molecule has 3 N–H and O–H groups in total. The predicted octanol–water partition coefficient (Wildman–Crippen LogP) is 2.61. The third-order valence-electron chi connectivity index (χ3n) is 4.75. The van der Waals surface area contributed by atoms with Crippen molar-refractivity contribution >= 4 is 16.7 Å². The molecule has 1 aliphatic rings. The van der Waals surface area contributed by atoms with E-state index in [9.17, 15) is 10.4 Å². The van der Waals surface area contributed by atoms with Crippen molar-refractivity contribution in [2.75, 3.05) is 5.73 Å². The lowest BCUT2D eigenvalue weighted by atomic mass is 9.86. The fourth-order valence-corrected chi connectivity index (χ4v) is 3.43. The van der Waals surface area contributed by atoms with Crippen LogP contribution in [0.4, 0.5) is 5.82 Å². The SMILES string of the molecule is CC1(C)Oc2ccc(C#N)cc2[C@@H](n2nc(N)c3ccccc32)[C@@H]1O. The van der Waals surface area contributed by atoms with Gasteiger partial charge in [-0.1, -0.05) is 12.1 Å². The van der Waals surface area contributed by atoms with Crippen LogP contribution in [0.5, 0.6) is 5.75 Å². The van der Waals surface area contributed by atoms with Crippen LogP contribution in [-0.4, -0.2) is 26.6 Å². The zero-order valence-corrected chi connectivity index (χ0v) is 14.0. The molecule has 2 aromatic carbocycles. The first-order valence-electron chi connectivity index (χ1n) is 8.06. The van der Waals surface area contributed by atoms with Crippen molar-refractivity contribution in [3.05, 3.63) is 53.6 Å². The van der Waals surface area contributed by atoms with Crippen LogP contribution >= 0.6 is 0 Å². The Labute approximate surface area is 145 Å². The third kappa shape index (κ3) is 2.24. The van der Waals surface area contributed by atoms with Crippen LogP contribution in [0.2, 0.25) is 0 Å². The van der Waals surface area contributed by atoms with Gasteiger partial charge in [0.1, 0.15) is 23.5 Å². The molecular weight excluding hydrogens is 316 g/mol. The molecular formula is C19H18N4O2. The number of para-hydroxylation sites is 1.